The Labute approximate surface area is 108 Å². The lowest BCUT2D eigenvalue weighted by molar-refractivity contribution is 0.210. The van der Waals surface area contributed by atoms with Crippen LogP contribution in [0, 0.1) is 0 Å². The highest BCUT2D eigenvalue weighted by Crippen LogP contribution is 2.30. The molecule has 1 aromatic rings. The van der Waals surface area contributed by atoms with E-state index >= 15 is 0 Å². The van der Waals surface area contributed by atoms with Gasteiger partial charge in [-0.25, -0.2) is 0 Å². The van der Waals surface area contributed by atoms with Gasteiger partial charge < -0.3 is 5.11 Å². The predicted octanol–water partition coefficient (Wildman–Crippen LogP) is 4.05. The van der Waals surface area contributed by atoms with Crippen LogP contribution in [0.25, 0.3) is 0 Å². The Morgan fingerprint density at radius 2 is 2.00 bits per heavy atom. The van der Waals surface area contributed by atoms with Crippen LogP contribution in [0.5, 0.6) is 0 Å². The highest BCUT2D eigenvalue weighted by molar-refractivity contribution is 8.00. The monoisotopic (exact) mass is 248 g/mol. The molecule has 2 unspecified atom stereocenters. The number of rotatable bonds is 7. The Hall–Kier alpha value is -0.990. The van der Waals surface area contributed by atoms with E-state index in [4.69, 9.17) is 0 Å². The third-order valence-corrected chi connectivity index (χ3v) is 4.03. The summed E-state index contributed by atoms with van der Waals surface area (Å²) in [6.07, 6.45) is 2.83. The second-order valence-corrected chi connectivity index (χ2v) is 5.42. The van der Waals surface area contributed by atoms with Crippen LogP contribution in [-0.4, -0.2) is 16.5 Å². The molecule has 0 fully saturated rings. The Bertz CT molecular complexity index is 358. The number of hydrogen-bond donors (Lipinski definition) is 1. The van der Waals surface area contributed by atoms with E-state index in [0.29, 0.717) is 5.25 Å². The Kier molecular flexibility index (Phi) is 6.09. The van der Waals surface area contributed by atoms with Crippen LogP contribution < -0.4 is 0 Å². The molecule has 0 saturated heterocycles. The molecule has 1 N–H and O–H groups in total. The topological polar surface area (TPSA) is 20.2 Å². The highest BCUT2D eigenvalue weighted by atomic mass is 32.2. The molecule has 92 valence electrons. The minimum Gasteiger partial charge on any atom is -0.389 e. The van der Waals surface area contributed by atoms with Gasteiger partial charge in [0.05, 0.1) is 6.10 Å². The molecule has 0 aliphatic rings. The van der Waals surface area contributed by atoms with E-state index in [-0.39, 0.29) is 0 Å². The summed E-state index contributed by atoms with van der Waals surface area (Å²) >= 11 is 1.80. The zero-order valence-electron chi connectivity index (χ0n) is 10.3. The summed E-state index contributed by atoms with van der Waals surface area (Å²) in [5.74, 6) is 0. The second kappa shape index (κ2) is 7.36. The minimum absolute atomic E-state index is 0.354. The number of thioether (sulfide) groups is 1. The van der Waals surface area contributed by atoms with Crippen LogP contribution in [-0.2, 0) is 0 Å². The largest absolute Gasteiger partial charge is 0.389 e. The van der Waals surface area contributed by atoms with E-state index in [2.05, 4.69) is 25.3 Å². The van der Waals surface area contributed by atoms with Gasteiger partial charge in [-0.05, 0) is 31.9 Å². The SMILES string of the molecule is C=CC(O)CCC(Sc1ccccc1)C(=C)C. The lowest BCUT2D eigenvalue weighted by atomic mass is 10.1. The van der Waals surface area contributed by atoms with Crippen LogP contribution in [0.4, 0.5) is 0 Å². The van der Waals surface area contributed by atoms with Crippen LogP contribution >= 0.6 is 11.8 Å². The maximum atomic E-state index is 9.50. The molecule has 0 heterocycles. The number of aliphatic hydroxyl groups excluding tert-OH is 1. The fourth-order valence-corrected chi connectivity index (χ4v) is 2.61. The third-order valence-electron chi connectivity index (χ3n) is 2.57. The van der Waals surface area contributed by atoms with E-state index < -0.39 is 6.10 Å². The smallest absolute Gasteiger partial charge is 0.0718 e. The molecule has 17 heavy (non-hydrogen) atoms. The lowest BCUT2D eigenvalue weighted by Crippen LogP contribution is -2.09. The van der Waals surface area contributed by atoms with E-state index in [1.54, 1.807) is 17.8 Å². The molecule has 1 nitrogen and oxygen atoms in total. The summed E-state index contributed by atoms with van der Waals surface area (Å²) in [7, 11) is 0. The van der Waals surface area contributed by atoms with Gasteiger partial charge in [0.1, 0.15) is 0 Å². The first-order valence-corrected chi connectivity index (χ1v) is 6.69. The minimum atomic E-state index is -0.409. The van der Waals surface area contributed by atoms with Gasteiger partial charge in [0, 0.05) is 10.1 Å². The van der Waals surface area contributed by atoms with Crippen LogP contribution in [0.2, 0.25) is 0 Å². The van der Waals surface area contributed by atoms with Crippen molar-refractivity contribution in [3.05, 3.63) is 55.1 Å². The Balaban J connectivity index is 2.55. The summed E-state index contributed by atoms with van der Waals surface area (Å²) in [4.78, 5) is 1.24. The average molecular weight is 248 g/mol. The fraction of sp³-hybridized carbons (Fsp3) is 0.333. The van der Waals surface area contributed by atoms with Crippen molar-refractivity contribution in [1.29, 1.82) is 0 Å². The highest BCUT2D eigenvalue weighted by Gasteiger charge is 2.12. The van der Waals surface area contributed by atoms with E-state index in [1.165, 1.54) is 4.90 Å². The standard InChI is InChI=1S/C15H20OS/c1-4-13(16)10-11-15(12(2)3)17-14-8-6-5-7-9-14/h4-9,13,15-16H,1-2,10-11H2,3H3. The first-order chi connectivity index (χ1) is 8.13. The van der Waals surface area contributed by atoms with Crippen molar-refractivity contribution in [2.24, 2.45) is 0 Å². The molecular weight excluding hydrogens is 228 g/mol. The van der Waals surface area contributed by atoms with Crippen LogP contribution in [0.15, 0.2) is 60.0 Å². The second-order valence-electron chi connectivity index (χ2n) is 4.15. The summed E-state index contributed by atoms with van der Waals surface area (Å²) in [6, 6.07) is 10.3. The molecule has 0 bridgehead atoms. The van der Waals surface area contributed by atoms with E-state index in [9.17, 15) is 5.11 Å². The van der Waals surface area contributed by atoms with Crippen LogP contribution in [0.1, 0.15) is 19.8 Å². The van der Waals surface area contributed by atoms with Gasteiger partial charge >= 0.3 is 0 Å². The van der Waals surface area contributed by atoms with Crippen LogP contribution in [0.3, 0.4) is 0 Å². The summed E-state index contributed by atoms with van der Waals surface area (Å²) in [5.41, 5.74) is 1.15. The molecule has 0 radical (unpaired) electrons. The first kappa shape index (κ1) is 14.1. The Morgan fingerprint density at radius 3 is 2.53 bits per heavy atom. The van der Waals surface area contributed by atoms with Crippen molar-refractivity contribution in [2.45, 2.75) is 36.0 Å². The maximum Gasteiger partial charge on any atom is 0.0718 e. The van der Waals surface area contributed by atoms with Crippen molar-refractivity contribution >= 4 is 11.8 Å². The molecule has 0 aliphatic carbocycles. The van der Waals surface area contributed by atoms with Gasteiger partial charge in [-0.15, -0.1) is 18.3 Å². The van der Waals surface area contributed by atoms with Gasteiger partial charge in [0.25, 0.3) is 0 Å². The molecule has 2 heteroatoms. The zero-order valence-corrected chi connectivity index (χ0v) is 11.1. The molecule has 0 spiro atoms. The molecular formula is C15H20OS. The first-order valence-electron chi connectivity index (χ1n) is 5.81. The average Bonchev–Trinajstić information content (AvgIpc) is 2.34. The van der Waals surface area contributed by atoms with Crippen molar-refractivity contribution in [2.75, 3.05) is 0 Å². The zero-order chi connectivity index (χ0) is 12.7. The van der Waals surface area contributed by atoms with Gasteiger partial charge in [-0.1, -0.05) is 36.4 Å². The fourth-order valence-electron chi connectivity index (χ4n) is 1.51. The number of aliphatic hydroxyl groups is 1. The molecule has 0 amide bonds. The number of benzene rings is 1. The van der Waals surface area contributed by atoms with Gasteiger partial charge in [0.15, 0.2) is 0 Å². The van der Waals surface area contributed by atoms with Crippen molar-refractivity contribution in [3.8, 4) is 0 Å². The van der Waals surface area contributed by atoms with Gasteiger partial charge in [0.2, 0.25) is 0 Å². The van der Waals surface area contributed by atoms with E-state index in [1.807, 2.05) is 25.1 Å². The summed E-state index contributed by atoms with van der Waals surface area (Å²) in [6.45, 7) is 9.66. The molecule has 1 aromatic carbocycles. The Morgan fingerprint density at radius 1 is 1.35 bits per heavy atom. The molecule has 2 atom stereocenters. The summed E-state index contributed by atoms with van der Waals surface area (Å²) < 4.78 is 0. The van der Waals surface area contributed by atoms with E-state index in [0.717, 1.165) is 18.4 Å². The third kappa shape index (κ3) is 5.24. The van der Waals surface area contributed by atoms with Crippen molar-refractivity contribution in [3.63, 3.8) is 0 Å². The van der Waals surface area contributed by atoms with Gasteiger partial charge in [-0.3, -0.25) is 0 Å². The maximum absolute atomic E-state index is 9.50. The molecule has 1 rings (SSSR count). The number of hydrogen-bond acceptors (Lipinski definition) is 2. The normalized spacial score (nSPS) is 14.0. The molecule has 0 aliphatic heterocycles. The predicted molar refractivity (Wildman–Crippen MR) is 76.3 cm³/mol. The lowest BCUT2D eigenvalue weighted by Gasteiger charge is -2.17. The quantitative estimate of drug-likeness (QED) is 0.580. The van der Waals surface area contributed by atoms with Crippen molar-refractivity contribution in [1.82, 2.24) is 0 Å². The molecule has 0 saturated carbocycles. The molecule has 0 aromatic heterocycles. The van der Waals surface area contributed by atoms with Crippen molar-refractivity contribution < 1.29 is 5.11 Å². The van der Waals surface area contributed by atoms with Gasteiger partial charge in [-0.2, -0.15) is 0 Å². The summed E-state index contributed by atoms with van der Waals surface area (Å²) in [5, 5.41) is 9.85.